The molecule has 1 saturated heterocycles. The molecule has 226 valence electrons. The second-order valence-electron chi connectivity index (χ2n) is 11.1. The number of nitrogens with one attached hydrogen (secondary N) is 2. The molecule has 2 aliphatic carbocycles. The maximum Gasteiger partial charge on any atom is 0.318 e. The number of nitrogens with zero attached hydrogens (tertiary/aromatic N) is 6. The van der Waals surface area contributed by atoms with E-state index in [2.05, 4.69) is 25.7 Å². The number of rotatable bonds is 8. The van der Waals surface area contributed by atoms with Gasteiger partial charge < -0.3 is 15.5 Å². The summed E-state index contributed by atoms with van der Waals surface area (Å²) in [6.45, 7) is -2.18. The monoisotopic (exact) mass is 600 g/mol. The van der Waals surface area contributed by atoms with Crippen molar-refractivity contribution in [1.82, 2.24) is 40.4 Å². The zero-order valence-corrected chi connectivity index (χ0v) is 22.0. The van der Waals surface area contributed by atoms with Crippen molar-refractivity contribution in [2.24, 2.45) is 5.92 Å². The normalized spacial score (nSPS) is 22.3. The van der Waals surface area contributed by atoms with Gasteiger partial charge in [0.05, 0.1) is 37.2 Å². The second-order valence-corrected chi connectivity index (χ2v) is 11.1. The Morgan fingerprint density at radius 2 is 1.83 bits per heavy atom. The first kappa shape index (κ1) is 28.2. The van der Waals surface area contributed by atoms with Gasteiger partial charge in [0.25, 0.3) is 18.3 Å². The first-order chi connectivity index (χ1) is 19.9. The molecule has 2 saturated carbocycles. The third-order valence-electron chi connectivity index (χ3n) is 7.97. The van der Waals surface area contributed by atoms with Gasteiger partial charge in [0.2, 0.25) is 5.92 Å². The lowest BCUT2D eigenvalue weighted by Crippen LogP contribution is -2.58. The summed E-state index contributed by atoms with van der Waals surface area (Å²) in [6, 6.07) is -2.79. The molecule has 2 N–H and O–H groups in total. The third-order valence-corrected chi connectivity index (χ3v) is 7.97. The molecular formula is C25H26F6N8O3. The van der Waals surface area contributed by atoms with Crippen LogP contribution in [0.15, 0.2) is 23.1 Å². The van der Waals surface area contributed by atoms with Crippen molar-refractivity contribution in [2.75, 3.05) is 13.1 Å². The number of carbonyl (C=O) groups excluding carboxylic acids is 2. The molecule has 0 aromatic carbocycles. The molecule has 3 fully saturated rings. The number of aromatic nitrogens is 5. The summed E-state index contributed by atoms with van der Waals surface area (Å²) < 4.78 is 90.2. The maximum atomic E-state index is 14.2. The van der Waals surface area contributed by atoms with Gasteiger partial charge in [-0.3, -0.25) is 4.79 Å². The van der Waals surface area contributed by atoms with E-state index in [9.17, 15) is 35.9 Å². The fraction of sp³-hybridized carbons (Fsp3) is 0.600. The lowest BCUT2D eigenvalue weighted by atomic mass is 9.81. The van der Waals surface area contributed by atoms with E-state index in [4.69, 9.17) is 4.63 Å². The Bertz CT molecular complexity index is 1480. The third kappa shape index (κ3) is 5.60. The van der Waals surface area contributed by atoms with Crippen LogP contribution in [0.2, 0.25) is 0 Å². The van der Waals surface area contributed by atoms with Gasteiger partial charge in [-0.1, -0.05) is 5.16 Å². The van der Waals surface area contributed by atoms with Crippen molar-refractivity contribution in [3.05, 3.63) is 41.1 Å². The largest absolute Gasteiger partial charge is 0.342 e. The summed E-state index contributed by atoms with van der Waals surface area (Å²) in [5, 5.41) is 16.4. The number of fused-ring (bicyclic) bond motifs is 1. The van der Waals surface area contributed by atoms with Gasteiger partial charge in [0.15, 0.2) is 11.3 Å². The number of alkyl halides is 6. The van der Waals surface area contributed by atoms with Crippen LogP contribution in [0.3, 0.4) is 0 Å². The number of carbonyl (C=O) groups is 2. The van der Waals surface area contributed by atoms with Gasteiger partial charge in [0, 0.05) is 24.3 Å². The lowest BCUT2D eigenvalue weighted by molar-refractivity contribution is -0.0638. The number of urea groups is 1. The van der Waals surface area contributed by atoms with Crippen LogP contribution >= 0.6 is 0 Å². The first-order valence-corrected chi connectivity index (χ1v) is 13.5. The van der Waals surface area contributed by atoms with Crippen LogP contribution in [0.5, 0.6) is 0 Å². The number of hydrogen-bond acceptors (Lipinski definition) is 7. The van der Waals surface area contributed by atoms with Crippen LogP contribution in [0, 0.1) is 5.92 Å². The molecule has 0 radical (unpaired) electrons. The fourth-order valence-electron chi connectivity index (χ4n) is 5.61. The Kier molecular flexibility index (Phi) is 7.00. The Labute approximate surface area is 234 Å². The minimum absolute atomic E-state index is 0.0100. The quantitative estimate of drug-likeness (QED) is 0.370. The Hall–Kier alpha value is -3.92. The highest BCUT2D eigenvalue weighted by Crippen LogP contribution is 2.43. The lowest BCUT2D eigenvalue weighted by Gasteiger charge is -2.37. The minimum atomic E-state index is -3.42. The Balaban J connectivity index is 1.32. The van der Waals surface area contributed by atoms with Crippen molar-refractivity contribution >= 4 is 17.6 Å². The van der Waals surface area contributed by atoms with E-state index in [0.717, 1.165) is 19.0 Å². The van der Waals surface area contributed by atoms with E-state index in [1.54, 1.807) is 0 Å². The Morgan fingerprint density at radius 3 is 2.52 bits per heavy atom. The average molecular weight is 601 g/mol. The Morgan fingerprint density at radius 1 is 1.10 bits per heavy atom. The molecule has 0 spiro atoms. The molecular weight excluding hydrogens is 574 g/mol. The van der Waals surface area contributed by atoms with Crippen LogP contribution in [0.4, 0.5) is 31.1 Å². The van der Waals surface area contributed by atoms with E-state index in [-0.39, 0.29) is 41.4 Å². The van der Waals surface area contributed by atoms with Crippen molar-refractivity contribution in [3.63, 3.8) is 0 Å². The molecule has 3 aromatic rings. The predicted octanol–water partition coefficient (Wildman–Crippen LogP) is 4.25. The van der Waals surface area contributed by atoms with Crippen molar-refractivity contribution in [1.29, 1.82) is 0 Å². The predicted molar refractivity (Wildman–Crippen MR) is 130 cm³/mol. The molecule has 1 aliphatic heterocycles. The van der Waals surface area contributed by atoms with Gasteiger partial charge in [-0.2, -0.15) is 5.10 Å². The summed E-state index contributed by atoms with van der Waals surface area (Å²) in [5.41, 5.74) is 0.420. The zero-order valence-electron chi connectivity index (χ0n) is 22.0. The fourth-order valence-corrected chi connectivity index (χ4v) is 5.61. The number of imidazole rings is 1. The molecule has 4 heterocycles. The van der Waals surface area contributed by atoms with E-state index < -0.39 is 74.1 Å². The maximum absolute atomic E-state index is 14.2. The molecule has 0 unspecified atom stereocenters. The van der Waals surface area contributed by atoms with Gasteiger partial charge in [0.1, 0.15) is 11.7 Å². The summed E-state index contributed by atoms with van der Waals surface area (Å²) in [5.74, 6) is -7.28. The van der Waals surface area contributed by atoms with Gasteiger partial charge >= 0.3 is 6.03 Å². The summed E-state index contributed by atoms with van der Waals surface area (Å²) in [4.78, 5) is 30.3. The minimum Gasteiger partial charge on any atom is -0.342 e. The summed E-state index contributed by atoms with van der Waals surface area (Å²) in [6.07, 6.45) is 0.237. The highest BCUT2D eigenvalue weighted by atomic mass is 19.3. The molecule has 3 aromatic heterocycles. The molecule has 0 bridgehead atoms. The first-order valence-electron chi connectivity index (χ1n) is 13.5. The van der Waals surface area contributed by atoms with Gasteiger partial charge in [-0.25, -0.2) is 45.3 Å². The standard InChI is InChI=1S/C25H26F6N8O3/c26-21(27)20(38-11-25(30,31)10-32-23(38)41)14-7-16-34-15(9-39(16)33-8-14)17(13-3-5-24(28,29)6-4-13)35-22(40)19-18(12-1-2-12)36-42-37-19/h7-9,12-13,17,20-21H,1-6,10-11H2,(H,32,41)(H,35,40)/t17-,20-/m0/s1. The smallest absolute Gasteiger partial charge is 0.318 e. The number of halogens is 6. The molecule has 6 rings (SSSR count). The molecule has 3 aliphatic rings. The number of amides is 3. The molecule has 3 amide bonds. The van der Waals surface area contributed by atoms with Gasteiger partial charge in [-0.15, -0.1) is 0 Å². The van der Waals surface area contributed by atoms with Gasteiger partial charge in [-0.05, 0) is 42.8 Å². The summed E-state index contributed by atoms with van der Waals surface area (Å²) in [7, 11) is 0. The molecule has 42 heavy (non-hydrogen) atoms. The molecule has 17 heteroatoms. The second kappa shape index (κ2) is 10.4. The van der Waals surface area contributed by atoms with E-state index >= 15 is 0 Å². The van der Waals surface area contributed by atoms with E-state index in [0.29, 0.717) is 10.6 Å². The van der Waals surface area contributed by atoms with Crippen LogP contribution < -0.4 is 10.6 Å². The van der Waals surface area contributed by atoms with Crippen molar-refractivity contribution < 1.29 is 40.6 Å². The summed E-state index contributed by atoms with van der Waals surface area (Å²) >= 11 is 0. The SMILES string of the molecule is O=C(N[C@H](c1cn2ncc([C@@H](C(F)F)N3CC(F)(F)CNC3=O)cc2n1)C1CCC(F)(F)CC1)c1nonc1C1CC1. The van der Waals surface area contributed by atoms with Crippen molar-refractivity contribution in [3.8, 4) is 0 Å². The van der Waals surface area contributed by atoms with Crippen LogP contribution in [0.1, 0.15) is 84.0 Å². The highest BCUT2D eigenvalue weighted by Gasteiger charge is 2.45. The molecule has 2 atom stereocenters. The van der Waals surface area contributed by atoms with Crippen LogP contribution in [-0.2, 0) is 0 Å². The molecule has 11 nitrogen and oxygen atoms in total. The van der Waals surface area contributed by atoms with E-state index in [1.807, 2.05) is 5.32 Å². The highest BCUT2D eigenvalue weighted by molar-refractivity contribution is 5.93. The topological polar surface area (TPSA) is 131 Å². The van der Waals surface area contributed by atoms with Crippen LogP contribution in [-0.4, -0.2) is 73.1 Å². The van der Waals surface area contributed by atoms with Crippen molar-refractivity contribution in [2.45, 2.75) is 74.8 Å². The van der Waals surface area contributed by atoms with Crippen LogP contribution in [0.25, 0.3) is 5.65 Å². The zero-order chi connectivity index (χ0) is 29.8. The van der Waals surface area contributed by atoms with E-state index in [1.165, 1.54) is 16.8 Å². The average Bonchev–Trinajstić information content (AvgIpc) is 3.49. The number of hydrogen-bond donors (Lipinski definition) is 2.